The molecule has 0 spiro atoms. The molecule has 0 aromatic carbocycles. The second-order valence-electron chi connectivity index (χ2n) is 4.51. The number of piperidine rings is 1. The van der Waals surface area contributed by atoms with E-state index in [1.165, 1.54) is 7.05 Å². The Morgan fingerprint density at radius 1 is 1.42 bits per heavy atom. The highest BCUT2D eigenvalue weighted by Gasteiger charge is 2.33. The normalized spacial score (nSPS) is 19.7. The molecule has 102 valence electrons. The van der Waals surface area contributed by atoms with Crippen LogP contribution in [0.25, 0.3) is 0 Å². The van der Waals surface area contributed by atoms with Crippen molar-refractivity contribution in [1.29, 1.82) is 0 Å². The predicted octanol–water partition coefficient (Wildman–Crippen LogP) is 0.665. The smallest absolute Gasteiger partial charge is 0.268 e. The summed E-state index contributed by atoms with van der Waals surface area (Å²) in [5, 5.41) is 2.67. The average molecular weight is 328 g/mol. The Hall–Kier alpha value is -1.63. The highest BCUT2D eigenvalue weighted by molar-refractivity contribution is 9.10. The summed E-state index contributed by atoms with van der Waals surface area (Å²) in [6.07, 6.45) is 2.37. The van der Waals surface area contributed by atoms with Gasteiger partial charge < -0.3 is 9.88 Å². The minimum atomic E-state index is -0.635. The lowest BCUT2D eigenvalue weighted by molar-refractivity contribution is -0.147. The van der Waals surface area contributed by atoms with Gasteiger partial charge >= 0.3 is 0 Å². The average Bonchev–Trinajstić information content (AvgIpc) is 2.69. The number of carbonyl (C=O) groups excluding carboxylic acids is 3. The van der Waals surface area contributed by atoms with Crippen molar-refractivity contribution in [2.45, 2.75) is 18.9 Å². The molecule has 0 aliphatic carbocycles. The number of amides is 3. The van der Waals surface area contributed by atoms with Gasteiger partial charge in [0.25, 0.3) is 11.8 Å². The van der Waals surface area contributed by atoms with Crippen molar-refractivity contribution in [3.8, 4) is 0 Å². The zero-order valence-corrected chi connectivity index (χ0v) is 12.2. The fourth-order valence-electron chi connectivity index (χ4n) is 2.03. The summed E-state index contributed by atoms with van der Waals surface area (Å²) in [5.74, 6) is -0.899. The largest absolute Gasteiger partial charge is 0.345 e. The lowest BCUT2D eigenvalue weighted by atomic mass is 10.0. The fraction of sp³-hybridized carbons (Fsp3) is 0.417. The number of hydrogen-bond donors (Lipinski definition) is 1. The molecule has 19 heavy (non-hydrogen) atoms. The molecule has 0 bridgehead atoms. The second-order valence-corrected chi connectivity index (χ2v) is 5.43. The Kier molecular flexibility index (Phi) is 3.75. The number of halogens is 1. The molecule has 3 amide bonds. The van der Waals surface area contributed by atoms with E-state index in [1.807, 2.05) is 0 Å². The maximum absolute atomic E-state index is 12.1. The van der Waals surface area contributed by atoms with Crippen molar-refractivity contribution in [3.05, 3.63) is 22.4 Å². The van der Waals surface area contributed by atoms with Crippen molar-refractivity contribution in [1.82, 2.24) is 14.8 Å². The molecule has 1 N–H and O–H groups in total. The standard InChI is InChI=1S/C12H14BrN3O3/c1-15-6-7(13)5-9(15)11(18)14-8-3-4-10(17)16(2)12(8)19/h5-6,8H,3-4H2,1-2H3,(H,14,18). The van der Waals surface area contributed by atoms with Crippen molar-refractivity contribution in [2.24, 2.45) is 7.05 Å². The third kappa shape index (κ3) is 2.70. The zero-order chi connectivity index (χ0) is 14.2. The van der Waals surface area contributed by atoms with Crippen molar-refractivity contribution < 1.29 is 14.4 Å². The van der Waals surface area contributed by atoms with Crippen LogP contribution in [0.1, 0.15) is 23.3 Å². The number of likely N-dealkylation sites (tertiary alicyclic amines) is 1. The van der Waals surface area contributed by atoms with Crippen LogP contribution in [0, 0.1) is 0 Å². The summed E-state index contributed by atoms with van der Waals surface area (Å²) in [6.45, 7) is 0. The summed E-state index contributed by atoms with van der Waals surface area (Å²) in [4.78, 5) is 36.3. The summed E-state index contributed by atoms with van der Waals surface area (Å²) < 4.78 is 2.46. The summed E-state index contributed by atoms with van der Waals surface area (Å²) >= 11 is 3.29. The van der Waals surface area contributed by atoms with E-state index < -0.39 is 6.04 Å². The zero-order valence-electron chi connectivity index (χ0n) is 10.6. The molecule has 2 heterocycles. The first kappa shape index (κ1) is 13.8. The van der Waals surface area contributed by atoms with Crippen LogP contribution >= 0.6 is 15.9 Å². The third-order valence-corrected chi connectivity index (χ3v) is 3.59. The van der Waals surface area contributed by atoms with E-state index in [2.05, 4.69) is 21.2 Å². The molecule has 1 aromatic heterocycles. The number of aryl methyl sites for hydroxylation is 1. The monoisotopic (exact) mass is 327 g/mol. The maximum atomic E-state index is 12.1. The number of imide groups is 1. The van der Waals surface area contributed by atoms with Crippen LogP contribution in [0.4, 0.5) is 0 Å². The maximum Gasteiger partial charge on any atom is 0.268 e. The molecule has 1 unspecified atom stereocenters. The Morgan fingerprint density at radius 3 is 2.68 bits per heavy atom. The minimum Gasteiger partial charge on any atom is -0.345 e. The van der Waals surface area contributed by atoms with Crippen molar-refractivity contribution in [3.63, 3.8) is 0 Å². The molecule has 1 aliphatic rings. The molecule has 1 aromatic rings. The highest BCUT2D eigenvalue weighted by Crippen LogP contribution is 2.15. The number of rotatable bonds is 2. The first-order chi connectivity index (χ1) is 8.90. The number of nitrogens with one attached hydrogen (secondary N) is 1. The Balaban J connectivity index is 2.09. The number of carbonyl (C=O) groups is 3. The molecular weight excluding hydrogens is 314 g/mol. The predicted molar refractivity (Wildman–Crippen MR) is 71.4 cm³/mol. The molecule has 6 nitrogen and oxygen atoms in total. The van der Waals surface area contributed by atoms with Crippen molar-refractivity contribution >= 4 is 33.7 Å². The van der Waals surface area contributed by atoms with Gasteiger partial charge in [0.05, 0.1) is 0 Å². The van der Waals surface area contributed by atoms with Gasteiger partial charge in [-0.3, -0.25) is 19.3 Å². The van der Waals surface area contributed by atoms with Gasteiger partial charge in [0.1, 0.15) is 11.7 Å². The van der Waals surface area contributed by atoms with Gasteiger partial charge in [-0.1, -0.05) is 0 Å². The first-order valence-electron chi connectivity index (χ1n) is 5.83. The molecule has 0 saturated carbocycles. The van der Waals surface area contributed by atoms with E-state index in [1.54, 1.807) is 23.9 Å². The van der Waals surface area contributed by atoms with Crippen LogP contribution in [0.3, 0.4) is 0 Å². The van der Waals surface area contributed by atoms with E-state index >= 15 is 0 Å². The summed E-state index contributed by atoms with van der Waals surface area (Å²) in [5.41, 5.74) is 0.458. The molecule has 7 heteroatoms. The van der Waals surface area contributed by atoms with Gasteiger partial charge in [-0.15, -0.1) is 0 Å². The van der Waals surface area contributed by atoms with Gasteiger partial charge in [0.15, 0.2) is 0 Å². The van der Waals surface area contributed by atoms with Gasteiger partial charge in [-0.25, -0.2) is 0 Å². The molecule has 1 saturated heterocycles. The van der Waals surface area contributed by atoms with Gasteiger partial charge in [0, 0.05) is 31.2 Å². The molecule has 1 atom stereocenters. The van der Waals surface area contributed by atoms with Gasteiger partial charge in [-0.05, 0) is 28.4 Å². The highest BCUT2D eigenvalue weighted by atomic mass is 79.9. The SMILES string of the molecule is CN1C(=O)CCC(NC(=O)c2cc(Br)cn2C)C1=O. The van der Waals surface area contributed by atoms with Crippen molar-refractivity contribution in [2.75, 3.05) is 7.05 Å². The minimum absolute atomic E-state index is 0.211. The third-order valence-electron chi connectivity index (χ3n) is 3.16. The van der Waals surface area contributed by atoms with Crippen LogP contribution in [-0.4, -0.2) is 40.3 Å². The van der Waals surface area contributed by atoms with E-state index in [0.29, 0.717) is 12.1 Å². The summed E-state index contributed by atoms with van der Waals surface area (Å²) in [6, 6.07) is 1.04. The van der Waals surface area contributed by atoms with Crippen LogP contribution in [0.15, 0.2) is 16.7 Å². The lowest BCUT2D eigenvalue weighted by Crippen LogP contribution is -2.53. The van der Waals surface area contributed by atoms with Gasteiger partial charge in [0.2, 0.25) is 5.91 Å². The lowest BCUT2D eigenvalue weighted by Gasteiger charge is -2.28. The number of nitrogens with zero attached hydrogens (tertiary/aromatic N) is 2. The first-order valence-corrected chi connectivity index (χ1v) is 6.62. The fourth-order valence-corrected chi connectivity index (χ4v) is 2.56. The van der Waals surface area contributed by atoms with E-state index in [4.69, 9.17) is 0 Å². The number of aromatic nitrogens is 1. The Morgan fingerprint density at radius 2 is 2.11 bits per heavy atom. The number of likely N-dealkylation sites (N-methyl/N-ethyl adjacent to an activating group) is 1. The molecule has 2 rings (SSSR count). The van der Waals surface area contributed by atoms with Crippen LogP contribution in [-0.2, 0) is 16.6 Å². The van der Waals surface area contributed by atoms with Crippen LogP contribution in [0.2, 0.25) is 0 Å². The molecule has 1 fully saturated rings. The quantitative estimate of drug-likeness (QED) is 0.811. The topological polar surface area (TPSA) is 71.4 Å². The van der Waals surface area contributed by atoms with Crippen LogP contribution in [0.5, 0.6) is 0 Å². The Labute approximate surface area is 118 Å². The van der Waals surface area contributed by atoms with E-state index in [-0.39, 0.29) is 24.1 Å². The van der Waals surface area contributed by atoms with E-state index in [9.17, 15) is 14.4 Å². The Bertz CT molecular complexity index is 552. The summed E-state index contributed by atoms with van der Waals surface area (Å²) in [7, 11) is 3.18. The number of hydrogen-bond acceptors (Lipinski definition) is 3. The van der Waals surface area contributed by atoms with Crippen LogP contribution < -0.4 is 5.32 Å². The van der Waals surface area contributed by atoms with Gasteiger partial charge in [-0.2, -0.15) is 0 Å². The second kappa shape index (κ2) is 5.16. The molecular formula is C12H14BrN3O3. The molecule has 1 aliphatic heterocycles. The van der Waals surface area contributed by atoms with E-state index in [0.717, 1.165) is 9.37 Å². The molecule has 0 radical (unpaired) electrons.